The molecule has 1 rings (SSSR count). The molecule has 35 heavy (non-hydrogen) atoms. The van der Waals surface area contributed by atoms with E-state index in [1.54, 1.807) is 0 Å². The zero-order valence-corrected chi connectivity index (χ0v) is 24.3. The number of nitrogens with zero attached hydrogens (tertiary/aromatic N) is 1. The quantitative estimate of drug-likeness (QED) is 0.133. The van der Waals surface area contributed by atoms with Crippen molar-refractivity contribution in [3.05, 3.63) is 35.9 Å². The van der Waals surface area contributed by atoms with Crippen LogP contribution in [0.1, 0.15) is 149 Å². The molecule has 204 valence electrons. The minimum Gasteiger partial charge on any atom is -0.318 e. The number of carbonyl (C=O) groups is 1. The third kappa shape index (κ3) is 12.6. The minimum atomic E-state index is -0.317. The van der Waals surface area contributed by atoms with Crippen molar-refractivity contribution < 1.29 is 4.79 Å². The molecule has 1 aromatic carbocycles. The van der Waals surface area contributed by atoms with Crippen molar-refractivity contribution in [2.75, 3.05) is 0 Å². The Bertz CT molecular complexity index is 616. The first kappa shape index (κ1) is 33.9. The Morgan fingerprint density at radius 3 is 1.51 bits per heavy atom. The monoisotopic (exact) mass is 508 g/mol. The van der Waals surface area contributed by atoms with Gasteiger partial charge in [-0.3, -0.25) is 4.79 Å². The lowest BCUT2D eigenvalue weighted by Gasteiger charge is -2.46. The van der Waals surface area contributed by atoms with Gasteiger partial charge >= 0.3 is 0 Å². The van der Waals surface area contributed by atoms with Gasteiger partial charge in [0.2, 0.25) is 5.91 Å². The number of nitrogens with two attached hydrogens (primary N) is 1. The van der Waals surface area contributed by atoms with E-state index in [9.17, 15) is 4.79 Å². The summed E-state index contributed by atoms with van der Waals surface area (Å²) in [6, 6.07) is 10.4. The maximum atomic E-state index is 13.3. The number of halogens is 1. The van der Waals surface area contributed by atoms with Gasteiger partial charge < -0.3 is 10.6 Å². The third-order valence-corrected chi connectivity index (χ3v) is 7.61. The number of hydrogen-bond donors (Lipinski definition) is 1. The second kappa shape index (κ2) is 21.1. The summed E-state index contributed by atoms with van der Waals surface area (Å²) in [6.07, 6.45) is 22.2. The summed E-state index contributed by atoms with van der Waals surface area (Å²) in [5, 5.41) is 0. The molecule has 0 heterocycles. The molecule has 1 aromatic rings. The highest BCUT2D eigenvalue weighted by Crippen LogP contribution is 2.37. The van der Waals surface area contributed by atoms with E-state index in [0.717, 1.165) is 25.7 Å². The van der Waals surface area contributed by atoms with Crippen LogP contribution in [0.4, 0.5) is 0 Å². The van der Waals surface area contributed by atoms with E-state index in [-0.39, 0.29) is 30.0 Å². The van der Waals surface area contributed by atoms with Crippen LogP contribution < -0.4 is 5.73 Å². The first-order chi connectivity index (χ1) is 16.5. The molecule has 1 atom stereocenters. The van der Waals surface area contributed by atoms with Gasteiger partial charge in [0.25, 0.3) is 0 Å². The van der Waals surface area contributed by atoms with Gasteiger partial charge in [0.05, 0.1) is 11.7 Å². The van der Waals surface area contributed by atoms with Gasteiger partial charge in [0.15, 0.2) is 0 Å². The molecular formula is C31H57ClN2O. The standard InChI is InChI=1S/C31H56N2O.ClH/c1-5-8-9-10-11-12-13-14-15-16-17-18-19-20-24-27-30(34)33(28(4)32)31(6-2,7-3)29-25-22-21-23-26-29;/h21-23,25-26,28H,5-20,24,27,32H2,1-4H3;1H. The molecular weight excluding hydrogens is 452 g/mol. The van der Waals surface area contributed by atoms with Crippen molar-refractivity contribution in [3.8, 4) is 0 Å². The molecule has 0 aliphatic rings. The summed E-state index contributed by atoms with van der Waals surface area (Å²) in [6.45, 7) is 8.58. The van der Waals surface area contributed by atoms with Gasteiger partial charge in [0, 0.05) is 6.42 Å². The fourth-order valence-corrected chi connectivity index (χ4v) is 5.51. The van der Waals surface area contributed by atoms with Crippen LogP contribution in [0.3, 0.4) is 0 Å². The van der Waals surface area contributed by atoms with Crippen LogP contribution in [-0.2, 0) is 10.3 Å². The Hall–Kier alpha value is -1.06. The molecule has 0 saturated carbocycles. The number of rotatable bonds is 21. The number of hydrogen-bond acceptors (Lipinski definition) is 2. The second-order valence-corrected chi connectivity index (χ2v) is 10.3. The topological polar surface area (TPSA) is 46.3 Å². The maximum Gasteiger partial charge on any atom is 0.224 e. The first-order valence-electron chi connectivity index (χ1n) is 14.7. The molecule has 0 fully saturated rings. The van der Waals surface area contributed by atoms with Crippen LogP contribution in [0.15, 0.2) is 30.3 Å². The normalized spacial score (nSPS) is 12.3. The van der Waals surface area contributed by atoms with Crippen molar-refractivity contribution in [2.45, 2.75) is 155 Å². The molecule has 0 aromatic heterocycles. The average molecular weight is 509 g/mol. The highest BCUT2D eigenvalue weighted by molar-refractivity contribution is 5.85. The van der Waals surface area contributed by atoms with E-state index < -0.39 is 0 Å². The average Bonchev–Trinajstić information content (AvgIpc) is 2.85. The fraction of sp³-hybridized carbons (Fsp3) is 0.774. The first-order valence-corrected chi connectivity index (χ1v) is 14.7. The summed E-state index contributed by atoms with van der Waals surface area (Å²) in [7, 11) is 0. The molecule has 0 aliphatic carbocycles. The van der Waals surface area contributed by atoms with E-state index in [1.807, 2.05) is 17.9 Å². The van der Waals surface area contributed by atoms with E-state index >= 15 is 0 Å². The zero-order valence-electron chi connectivity index (χ0n) is 23.5. The smallest absolute Gasteiger partial charge is 0.224 e. The molecule has 3 nitrogen and oxygen atoms in total. The second-order valence-electron chi connectivity index (χ2n) is 10.3. The molecule has 0 radical (unpaired) electrons. The summed E-state index contributed by atoms with van der Waals surface area (Å²) >= 11 is 0. The van der Waals surface area contributed by atoms with Gasteiger partial charge in [-0.25, -0.2) is 0 Å². The van der Waals surface area contributed by atoms with Crippen LogP contribution >= 0.6 is 12.4 Å². The summed E-state index contributed by atoms with van der Waals surface area (Å²) in [4.78, 5) is 15.3. The van der Waals surface area contributed by atoms with Crippen molar-refractivity contribution in [2.24, 2.45) is 5.73 Å². The van der Waals surface area contributed by atoms with Gasteiger partial charge in [-0.05, 0) is 31.7 Å². The molecule has 0 spiro atoms. The summed E-state index contributed by atoms with van der Waals surface area (Å²) < 4.78 is 0. The lowest BCUT2D eigenvalue weighted by atomic mass is 9.82. The van der Waals surface area contributed by atoms with Crippen molar-refractivity contribution in [3.63, 3.8) is 0 Å². The van der Waals surface area contributed by atoms with E-state index in [1.165, 1.54) is 89.0 Å². The molecule has 0 bridgehead atoms. The number of carbonyl (C=O) groups excluding carboxylic acids is 1. The Balaban J connectivity index is 0.0000116. The van der Waals surface area contributed by atoms with E-state index in [2.05, 4.69) is 45.0 Å². The van der Waals surface area contributed by atoms with Crippen molar-refractivity contribution in [1.29, 1.82) is 0 Å². The third-order valence-electron chi connectivity index (χ3n) is 7.61. The van der Waals surface area contributed by atoms with Crippen LogP contribution in [0.5, 0.6) is 0 Å². The summed E-state index contributed by atoms with van der Waals surface area (Å²) in [5.41, 5.74) is 7.25. The van der Waals surface area contributed by atoms with Gasteiger partial charge in [-0.2, -0.15) is 0 Å². The van der Waals surface area contributed by atoms with E-state index in [4.69, 9.17) is 5.73 Å². The summed E-state index contributed by atoms with van der Waals surface area (Å²) in [5.74, 6) is 0.206. The Morgan fingerprint density at radius 2 is 1.14 bits per heavy atom. The number of amides is 1. The van der Waals surface area contributed by atoms with Crippen LogP contribution in [0, 0.1) is 0 Å². The number of unbranched alkanes of at least 4 members (excludes halogenated alkanes) is 14. The highest BCUT2D eigenvalue weighted by Gasteiger charge is 2.39. The molecule has 0 saturated heterocycles. The lowest BCUT2D eigenvalue weighted by molar-refractivity contribution is -0.142. The predicted molar refractivity (Wildman–Crippen MR) is 156 cm³/mol. The Kier molecular flexibility index (Phi) is 20.4. The maximum absolute atomic E-state index is 13.3. The van der Waals surface area contributed by atoms with E-state index in [0.29, 0.717) is 6.42 Å². The van der Waals surface area contributed by atoms with Crippen molar-refractivity contribution in [1.82, 2.24) is 4.90 Å². The molecule has 1 unspecified atom stereocenters. The van der Waals surface area contributed by atoms with Gasteiger partial charge in [-0.1, -0.05) is 141 Å². The van der Waals surface area contributed by atoms with Crippen LogP contribution in [0.25, 0.3) is 0 Å². The molecule has 4 heteroatoms. The Morgan fingerprint density at radius 1 is 0.743 bits per heavy atom. The van der Waals surface area contributed by atoms with Crippen LogP contribution in [0.2, 0.25) is 0 Å². The van der Waals surface area contributed by atoms with Gasteiger partial charge in [0.1, 0.15) is 0 Å². The fourth-order valence-electron chi connectivity index (χ4n) is 5.51. The highest BCUT2D eigenvalue weighted by atomic mass is 35.5. The molecule has 0 aliphatic heterocycles. The Labute approximate surface area is 224 Å². The number of benzene rings is 1. The minimum absolute atomic E-state index is 0. The largest absolute Gasteiger partial charge is 0.318 e. The zero-order chi connectivity index (χ0) is 25.1. The lowest BCUT2D eigenvalue weighted by Crippen LogP contribution is -2.56. The van der Waals surface area contributed by atoms with Crippen molar-refractivity contribution >= 4 is 18.3 Å². The van der Waals surface area contributed by atoms with Crippen LogP contribution in [-0.4, -0.2) is 17.0 Å². The SMILES string of the molecule is CCCCCCCCCCCCCCCCCC(=O)N(C(C)N)C(CC)(CC)c1ccccc1.Cl. The predicted octanol–water partition coefficient (Wildman–Crippen LogP) is 9.52. The molecule has 2 N–H and O–H groups in total. The van der Waals surface area contributed by atoms with Gasteiger partial charge in [-0.15, -0.1) is 12.4 Å². The molecule has 1 amide bonds.